The normalized spacial score (nSPS) is 21.5. The summed E-state index contributed by atoms with van der Waals surface area (Å²) in [5, 5.41) is 14.3. The standard InChI is InChI=1S/C13H24N2O4/c1-12(2)10(13(12,3)4)15-11(18)14-8(9(16)17)6-7-19-5/h8,10H,6-7H2,1-5H3,(H,16,17)(H2,14,15,18). The smallest absolute Gasteiger partial charge is 0.326 e. The van der Waals surface area contributed by atoms with E-state index >= 15 is 0 Å². The van der Waals surface area contributed by atoms with E-state index in [0.717, 1.165) is 0 Å². The zero-order chi connectivity index (χ0) is 14.8. The monoisotopic (exact) mass is 272 g/mol. The first-order valence-electron chi connectivity index (χ1n) is 6.43. The van der Waals surface area contributed by atoms with Gasteiger partial charge in [0.25, 0.3) is 0 Å². The first-order chi connectivity index (χ1) is 8.64. The molecule has 6 nitrogen and oxygen atoms in total. The fourth-order valence-corrected chi connectivity index (χ4v) is 2.38. The van der Waals surface area contributed by atoms with E-state index in [0.29, 0.717) is 0 Å². The molecule has 19 heavy (non-hydrogen) atoms. The second-order valence-electron chi connectivity index (χ2n) is 6.17. The number of methoxy groups -OCH3 is 1. The van der Waals surface area contributed by atoms with Gasteiger partial charge in [-0.05, 0) is 10.8 Å². The number of rotatable bonds is 6. The van der Waals surface area contributed by atoms with Crippen LogP contribution >= 0.6 is 0 Å². The van der Waals surface area contributed by atoms with Crippen LogP contribution in [-0.2, 0) is 9.53 Å². The molecule has 0 aliphatic heterocycles. The van der Waals surface area contributed by atoms with Crippen molar-refractivity contribution < 1.29 is 19.4 Å². The first-order valence-corrected chi connectivity index (χ1v) is 6.43. The third-order valence-electron chi connectivity index (χ3n) is 4.51. The highest BCUT2D eigenvalue weighted by Crippen LogP contribution is 2.62. The molecule has 0 heterocycles. The van der Waals surface area contributed by atoms with Crippen LogP contribution in [0.4, 0.5) is 4.79 Å². The summed E-state index contributed by atoms with van der Waals surface area (Å²) in [5.74, 6) is -1.05. The predicted molar refractivity (Wildman–Crippen MR) is 70.9 cm³/mol. The number of hydrogen-bond donors (Lipinski definition) is 3. The van der Waals surface area contributed by atoms with Gasteiger partial charge in [-0.2, -0.15) is 0 Å². The van der Waals surface area contributed by atoms with Gasteiger partial charge in [0.1, 0.15) is 6.04 Å². The lowest BCUT2D eigenvalue weighted by molar-refractivity contribution is -0.139. The first kappa shape index (κ1) is 15.8. The minimum Gasteiger partial charge on any atom is -0.480 e. The summed E-state index contributed by atoms with van der Waals surface area (Å²) < 4.78 is 4.83. The Bertz CT molecular complexity index is 352. The molecule has 1 rings (SSSR count). The molecule has 1 aliphatic carbocycles. The zero-order valence-electron chi connectivity index (χ0n) is 12.2. The number of ether oxygens (including phenoxy) is 1. The van der Waals surface area contributed by atoms with Crippen LogP contribution in [0.2, 0.25) is 0 Å². The highest BCUT2D eigenvalue weighted by Gasteiger charge is 2.65. The second-order valence-corrected chi connectivity index (χ2v) is 6.17. The molecule has 3 N–H and O–H groups in total. The molecular weight excluding hydrogens is 248 g/mol. The quantitative estimate of drug-likeness (QED) is 0.678. The van der Waals surface area contributed by atoms with Gasteiger partial charge in [0.2, 0.25) is 0 Å². The summed E-state index contributed by atoms with van der Waals surface area (Å²) in [7, 11) is 1.49. The Morgan fingerprint density at radius 2 is 1.79 bits per heavy atom. The van der Waals surface area contributed by atoms with Gasteiger partial charge >= 0.3 is 12.0 Å². The highest BCUT2D eigenvalue weighted by molar-refractivity contribution is 5.83. The summed E-state index contributed by atoms with van der Waals surface area (Å²) in [6.07, 6.45) is 0.247. The highest BCUT2D eigenvalue weighted by atomic mass is 16.5. The van der Waals surface area contributed by atoms with Gasteiger partial charge in [0.05, 0.1) is 0 Å². The van der Waals surface area contributed by atoms with Crippen molar-refractivity contribution in [1.29, 1.82) is 0 Å². The number of nitrogens with one attached hydrogen (secondary N) is 2. The lowest BCUT2D eigenvalue weighted by Gasteiger charge is -2.15. The Morgan fingerprint density at radius 3 is 2.16 bits per heavy atom. The number of urea groups is 1. The van der Waals surface area contributed by atoms with Crippen molar-refractivity contribution >= 4 is 12.0 Å². The van der Waals surface area contributed by atoms with E-state index in [-0.39, 0.29) is 29.9 Å². The van der Waals surface area contributed by atoms with Gasteiger partial charge in [-0.1, -0.05) is 27.7 Å². The van der Waals surface area contributed by atoms with Crippen molar-refractivity contribution in [2.45, 2.75) is 46.2 Å². The molecule has 0 radical (unpaired) electrons. The minimum absolute atomic E-state index is 0.0234. The largest absolute Gasteiger partial charge is 0.480 e. The predicted octanol–water partition coefficient (Wildman–Crippen LogP) is 1.21. The molecule has 1 aliphatic rings. The van der Waals surface area contributed by atoms with Crippen LogP contribution in [0.1, 0.15) is 34.1 Å². The summed E-state index contributed by atoms with van der Waals surface area (Å²) >= 11 is 0. The Balaban J connectivity index is 2.49. The number of carboxylic acids is 1. The number of carbonyl (C=O) groups is 2. The fraction of sp³-hybridized carbons (Fsp3) is 0.846. The Hall–Kier alpha value is -1.30. The molecule has 0 aromatic heterocycles. The van der Waals surface area contributed by atoms with Crippen molar-refractivity contribution in [3.63, 3.8) is 0 Å². The molecule has 0 saturated heterocycles. The number of carbonyl (C=O) groups excluding carboxylic acids is 1. The molecule has 1 atom stereocenters. The summed E-state index contributed by atoms with van der Waals surface area (Å²) in [6.45, 7) is 8.61. The van der Waals surface area contributed by atoms with Gasteiger partial charge in [0, 0.05) is 26.2 Å². The SMILES string of the molecule is COCCC(NC(=O)NC1C(C)(C)C1(C)C)C(=O)O. The third-order valence-corrected chi connectivity index (χ3v) is 4.51. The molecule has 0 spiro atoms. The zero-order valence-corrected chi connectivity index (χ0v) is 12.2. The van der Waals surface area contributed by atoms with E-state index in [2.05, 4.69) is 38.3 Å². The fourth-order valence-electron chi connectivity index (χ4n) is 2.38. The van der Waals surface area contributed by atoms with Gasteiger partial charge in [0.15, 0.2) is 0 Å². The number of carboxylic acid groups (broad SMARTS) is 1. The summed E-state index contributed by atoms with van der Waals surface area (Å²) in [5.41, 5.74) is 0.0468. The van der Waals surface area contributed by atoms with Crippen LogP contribution in [0.3, 0.4) is 0 Å². The van der Waals surface area contributed by atoms with Crippen LogP contribution in [-0.4, -0.2) is 42.9 Å². The van der Waals surface area contributed by atoms with E-state index in [4.69, 9.17) is 9.84 Å². The Labute approximate surface area is 113 Å². The van der Waals surface area contributed by atoms with Crippen LogP contribution < -0.4 is 10.6 Å². The molecule has 6 heteroatoms. The molecular formula is C13H24N2O4. The maximum atomic E-state index is 11.8. The van der Waals surface area contributed by atoms with E-state index in [1.54, 1.807) is 0 Å². The number of aliphatic carboxylic acids is 1. The maximum Gasteiger partial charge on any atom is 0.326 e. The molecule has 2 amide bonds. The third kappa shape index (κ3) is 3.18. The van der Waals surface area contributed by atoms with Crippen molar-refractivity contribution in [2.75, 3.05) is 13.7 Å². The van der Waals surface area contributed by atoms with Gasteiger partial charge in [-0.15, -0.1) is 0 Å². The number of amides is 2. The summed E-state index contributed by atoms with van der Waals surface area (Å²) in [4.78, 5) is 22.8. The molecule has 0 bridgehead atoms. The topological polar surface area (TPSA) is 87.7 Å². The Kier molecular flexibility index (Phi) is 4.45. The average molecular weight is 272 g/mol. The van der Waals surface area contributed by atoms with Crippen LogP contribution in [0, 0.1) is 10.8 Å². The van der Waals surface area contributed by atoms with Crippen LogP contribution in [0.5, 0.6) is 0 Å². The number of hydrogen-bond acceptors (Lipinski definition) is 3. The van der Waals surface area contributed by atoms with Gasteiger partial charge in [-0.3, -0.25) is 0 Å². The van der Waals surface area contributed by atoms with Crippen molar-refractivity contribution in [3.8, 4) is 0 Å². The minimum atomic E-state index is -1.05. The Morgan fingerprint density at radius 1 is 1.26 bits per heavy atom. The van der Waals surface area contributed by atoms with E-state index in [9.17, 15) is 9.59 Å². The lowest BCUT2D eigenvalue weighted by Crippen LogP contribution is -2.48. The van der Waals surface area contributed by atoms with Crippen molar-refractivity contribution in [1.82, 2.24) is 10.6 Å². The van der Waals surface area contributed by atoms with Crippen LogP contribution in [0.25, 0.3) is 0 Å². The summed E-state index contributed by atoms with van der Waals surface area (Å²) in [6, 6.07) is -1.31. The van der Waals surface area contributed by atoms with E-state index in [1.165, 1.54) is 7.11 Å². The average Bonchev–Trinajstić information content (AvgIpc) is 2.66. The van der Waals surface area contributed by atoms with Crippen molar-refractivity contribution in [3.05, 3.63) is 0 Å². The molecule has 1 fully saturated rings. The van der Waals surface area contributed by atoms with Gasteiger partial charge in [-0.25, -0.2) is 9.59 Å². The molecule has 1 unspecified atom stereocenters. The van der Waals surface area contributed by atoms with Crippen LogP contribution in [0.15, 0.2) is 0 Å². The van der Waals surface area contributed by atoms with Crippen molar-refractivity contribution in [2.24, 2.45) is 10.8 Å². The molecule has 1 saturated carbocycles. The lowest BCUT2D eigenvalue weighted by atomic mass is 10.0. The maximum absolute atomic E-state index is 11.8. The molecule has 0 aromatic carbocycles. The van der Waals surface area contributed by atoms with Gasteiger partial charge < -0.3 is 20.5 Å². The van der Waals surface area contributed by atoms with E-state index in [1.807, 2.05) is 0 Å². The second kappa shape index (κ2) is 5.36. The van der Waals surface area contributed by atoms with E-state index < -0.39 is 18.0 Å². The molecule has 110 valence electrons. The molecule has 0 aromatic rings.